The van der Waals surface area contributed by atoms with E-state index >= 15 is 0 Å². The molecule has 1 aromatic heterocycles. The summed E-state index contributed by atoms with van der Waals surface area (Å²) in [5, 5.41) is 3.34. The van der Waals surface area contributed by atoms with Crippen LogP contribution < -0.4 is 5.32 Å². The van der Waals surface area contributed by atoms with Gasteiger partial charge in [0.1, 0.15) is 5.82 Å². The lowest BCUT2D eigenvalue weighted by molar-refractivity contribution is -0.118. The van der Waals surface area contributed by atoms with Gasteiger partial charge in [0.15, 0.2) is 11.6 Å². The Hall–Kier alpha value is -2.11. The van der Waals surface area contributed by atoms with Gasteiger partial charge in [-0.1, -0.05) is 19.9 Å². The number of carbonyl (C=O) groups is 1. The molecular formula is C18H30N4O2. The number of unbranched alkanes of at least 4 members (excludes halogenated alkanes) is 1. The summed E-state index contributed by atoms with van der Waals surface area (Å²) in [7, 11) is 0. The zero-order valence-electron chi connectivity index (χ0n) is 15.4. The van der Waals surface area contributed by atoms with E-state index in [-0.39, 0.29) is 0 Å². The summed E-state index contributed by atoms with van der Waals surface area (Å²) in [6.07, 6.45) is 3.93. The highest BCUT2D eigenvalue weighted by Crippen LogP contribution is 2.18. The van der Waals surface area contributed by atoms with Crippen molar-refractivity contribution in [2.75, 3.05) is 31.6 Å². The predicted molar refractivity (Wildman–Crippen MR) is 97.8 cm³/mol. The Morgan fingerprint density at radius 2 is 1.96 bits per heavy atom. The molecule has 0 atom stereocenters. The molecule has 0 saturated heterocycles. The summed E-state index contributed by atoms with van der Waals surface area (Å²) in [6, 6.07) is 0. The lowest BCUT2D eigenvalue weighted by atomic mass is 10.2. The van der Waals surface area contributed by atoms with Crippen LogP contribution in [0, 0.1) is 13.8 Å². The zero-order valence-corrected chi connectivity index (χ0v) is 15.4. The van der Waals surface area contributed by atoms with Gasteiger partial charge in [-0.15, -0.1) is 0 Å². The molecule has 1 N–H and O–H groups in total. The van der Waals surface area contributed by atoms with E-state index in [1.54, 1.807) is 0 Å². The minimum atomic E-state index is 0.482. The highest BCUT2D eigenvalue weighted by Gasteiger charge is 2.11. The highest BCUT2D eigenvalue weighted by atomic mass is 16.5. The van der Waals surface area contributed by atoms with Crippen LogP contribution >= 0.6 is 0 Å². The molecule has 1 amide bonds. The van der Waals surface area contributed by atoms with E-state index in [1.165, 1.54) is 0 Å². The van der Waals surface area contributed by atoms with Gasteiger partial charge in [0.2, 0.25) is 6.41 Å². The second kappa shape index (κ2) is 10.6. The molecule has 0 spiro atoms. The largest absolute Gasteiger partial charge is 0.491 e. The minimum Gasteiger partial charge on any atom is -0.491 e. The number of ether oxygens (including phenoxy) is 1. The third kappa shape index (κ3) is 6.18. The summed E-state index contributed by atoms with van der Waals surface area (Å²) >= 11 is 0. The average molecular weight is 334 g/mol. The van der Waals surface area contributed by atoms with Gasteiger partial charge in [0, 0.05) is 30.9 Å². The molecule has 0 unspecified atom stereocenters. The van der Waals surface area contributed by atoms with Crippen LogP contribution in [0.1, 0.15) is 50.2 Å². The number of carbonyl (C=O) groups excluding carboxylic acids is 1. The van der Waals surface area contributed by atoms with Crippen molar-refractivity contribution in [2.45, 2.75) is 47.0 Å². The maximum Gasteiger partial charge on any atom is 0.209 e. The fourth-order valence-corrected chi connectivity index (χ4v) is 2.23. The van der Waals surface area contributed by atoms with Gasteiger partial charge in [-0.2, -0.15) is 0 Å². The molecule has 0 saturated carbocycles. The highest BCUT2D eigenvalue weighted by molar-refractivity contribution is 5.55. The van der Waals surface area contributed by atoms with Crippen LogP contribution in [0.25, 0.3) is 5.76 Å². The van der Waals surface area contributed by atoms with Gasteiger partial charge in [-0.25, -0.2) is 9.97 Å². The fraction of sp³-hybridized carbons (Fsp3) is 0.611. The first-order valence-corrected chi connectivity index (χ1v) is 8.63. The van der Waals surface area contributed by atoms with Crippen molar-refractivity contribution < 1.29 is 9.53 Å². The van der Waals surface area contributed by atoms with Crippen molar-refractivity contribution in [1.29, 1.82) is 0 Å². The first-order valence-electron chi connectivity index (χ1n) is 8.63. The van der Waals surface area contributed by atoms with E-state index in [0.29, 0.717) is 18.2 Å². The number of aryl methyl sites for hydroxylation is 1. The average Bonchev–Trinajstić information content (AvgIpc) is 2.57. The van der Waals surface area contributed by atoms with Crippen molar-refractivity contribution in [1.82, 2.24) is 14.9 Å². The summed E-state index contributed by atoms with van der Waals surface area (Å²) < 4.78 is 5.39. The van der Waals surface area contributed by atoms with Crippen molar-refractivity contribution >= 4 is 18.0 Å². The van der Waals surface area contributed by atoms with Gasteiger partial charge >= 0.3 is 0 Å². The first-order chi connectivity index (χ1) is 11.5. The number of amides is 1. The van der Waals surface area contributed by atoms with Crippen LogP contribution in [-0.4, -0.2) is 47.5 Å². The standard InChI is InChI=1S/C18H30N4O2/c1-6-8-11-22(13-23)12-9-10-19-17-14(3)15(4)20-18(21-17)16(5)24-7-2/h13H,5-12H2,1-4H3,(H,19,20,21). The Kier molecular flexibility index (Phi) is 8.83. The molecule has 0 fully saturated rings. The number of anilines is 1. The minimum absolute atomic E-state index is 0.482. The fourth-order valence-electron chi connectivity index (χ4n) is 2.23. The summed E-state index contributed by atoms with van der Waals surface area (Å²) in [5.41, 5.74) is 1.92. The maximum atomic E-state index is 11.0. The number of hydrogen-bond acceptors (Lipinski definition) is 5. The van der Waals surface area contributed by atoms with Gasteiger partial charge in [-0.05, 0) is 33.6 Å². The van der Waals surface area contributed by atoms with Gasteiger partial charge < -0.3 is 15.0 Å². The van der Waals surface area contributed by atoms with Crippen LogP contribution in [0.4, 0.5) is 5.82 Å². The number of nitrogens with zero attached hydrogens (tertiary/aromatic N) is 3. The van der Waals surface area contributed by atoms with Crippen molar-refractivity contribution in [3.05, 3.63) is 23.7 Å². The lowest BCUT2D eigenvalue weighted by Gasteiger charge is -2.17. The molecule has 0 aromatic carbocycles. The van der Waals surface area contributed by atoms with E-state index in [4.69, 9.17) is 4.74 Å². The van der Waals surface area contributed by atoms with Gasteiger partial charge in [0.25, 0.3) is 0 Å². The molecule has 0 aliphatic heterocycles. The molecule has 0 radical (unpaired) electrons. The molecule has 0 bridgehead atoms. The van der Waals surface area contributed by atoms with E-state index in [9.17, 15) is 4.79 Å². The Labute approximate surface area is 145 Å². The molecule has 0 aliphatic carbocycles. The SMILES string of the molecule is C=C(OCC)c1nc(C)c(C)c(NCCCN(C=O)CCCC)n1. The van der Waals surface area contributed by atoms with Crippen LogP contribution in [0.15, 0.2) is 6.58 Å². The van der Waals surface area contributed by atoms with Crippen LogP contribution in [0.5, 0.6) is 0 Å². The van der Waals surface area contributed by atoms with E-state index in [1.807, 2.05) is 25.7 Å². The molecular weight excluding hydrogens is 304 g/mol. The molecule has 0 aliphatic rings. The summed E-state index contributed by atoms with van der Waals surface area (Å²) in [5.74, 6) is 1.79. The van der Waals surface area contributed by atoms with Crippen LogP contribution in [-0.2, 0) is 9.53 Å². The van der Waals surface area contributed by atoms with Gasteiger partial charge in [0.05, 0.1) is 6.61 Å². The Morgan fingerprint density at radius 3 is 2.58 bits per heavy atom. The topological polar surface area (TPSA) is 67.3 Å². The quantitative estimate of drug-likeness (QED) is 0.361. The monoisotopic (exact) mass is 334 g/mol. The molecule has 1 rings (SSSR count). The van der Waals surface area contributed by atoms with E-state index < -0.39 is 0 Å². The van der Waals surface area contributed by atoms with Crippen molar-refractivity contribution in [3.63, 3.8) is 0 Å². The van der Waals surface area contributed by atoms with E-state index in [2.05, 4.69) is 28.8 Å². The lowest BCUT2D eigenvalue weighted by Crippen LogP contribution is -2.26. The van der Waals surface area contributed by atoms with Crippen molar-refractivity contribution in [3.8, 4) is 0 Å². The summed E-state index contributed by atoms with van der Waals surface area (Å²) in [6.45, 7) is 14.7. The second-order valence-electron chi connectivity index (χ2n) is 5.74. The van der Waals surface area contributed by atoms with Gasteiger partial charge in [-0.3, -0.25) is 4.79 Å². The van der Waals surface area contributed by atoms with E-state index in [0.717, 1.165) is 62.4 Å². The molecule has 134 valence electrons. The summed E-state index contributed by atoms with van der Waals surface area (Å²) in [4.78, 5) is 21.8. The Bertz CT molecular complexity index is 546. The van der Waals surface area contributed by atoms with Crippen LogP contribution in [0.3, 0.4) is 0 Å². The Balaban J connectivity index is 2.60. The van der Waals surface area contributed by atoms with Crippen molar-refractivity contribution in [2.24, 2.45) is 0 Å². The second-order valence-corrected chi connectivity index (χ2v) is 5.74. The maximum absolute atomic E-state index is 11.0. The molecule has 6 heteroatoms. The van der Waals surface area contributed by atoms with Crippen LogP contribution in [0.2, 0.25) is 0 Å². The first kappa shape index (κ1) is 19.9. The third-order valence-corrected chi connectivity index (χ3v) is 3.82. The zero-order chi connectivity index (χ0) is 17.9. The number of rotatable bonds is 12. The predicted octanol–water partition coefficient (Wildman–Crippen LogP) is 3.16. The molecule has 6 nitrogen and oxygen atoms in total. The number of hydrogen-bond donors (Lipinski definition) is 1. The number of nitrogens with one attached hydrogen (secondary N) is 1. The molecule has 1 aromatic rings. The molecule has 24 heavy (non-hydrogen) atoms. The molecule has 1 heterocycles. The number of aromatic nitrogens is 2. The smallest absolute Gasteiger partial charge is 0.209 e. The normalized spacial score (nSPS) is 10.3. The Morgan fingerprint density at radius 1 is 1.25 bits per heavy atom. The third-order valence-electron chi connectivity index (χ3n) is 3.82.